The highest BCUT2D eigenvalue weighted by molar-refractivity contribution is 7.80. The largest absolute Gasteiger partial charge is 0.304 e. The van der Waals surface area contributed by atoms with Gasteiger partial charge in [0.1, 0.15) is 0 Å². The first-order chi connectivity index (χ1) is 8.15. The van der Waals surface area contributed by atoms with Gasteiger partial charge in [-0.05, 0) is 57.5 Å². The van der Waals surface area contributed by atoms with Gasteiger partial charge in [-0.25, -0.2) is 0 Å². The van der Waals surface area contributed by atoms with Crippen LogP contribution >= 0.6 is 12.6 Å². The Morgan fingerprint density at radius 1 is 1.29 bits per heavy atom. The Balaban J connectivity index is 1.81. The van der Waals surface area contributed by atoms with Gasteiger partial charge in [-0.2, -0.15) is 12.6 Å². The molecular formula is C14H28N2S. The lowest BCUT2D eigenvalue weighted by atomic mass is 9.88. The van der Waals surface area contributed by atoms with Crippen molar-refractivity contribution in [1.82, 2.24) is 9.80 Å². The van der Waals surface area contributed by atoms with E-state index >= 15 is 0 Å². The second kappa shape index (κ2) is 5.94. The van der Waals surface area contributed by atoms with Gasteiger partial charge in [0.25, 0.3) is 0 Å². The summed E-state index contributed by atoms with van der Waals surface area (Å²) in [5.41, 5.74) is 0.523. The van der Waals surface area contributed by atoms with E-state index < -0.39 is 0 Å². The molecule has 1 saturated heterocycles. The van der Waals surface area contributed by atoms with Crippen molar-refractivity contribution in [3.63, 3.8) is 0 Å². The second-order valence-corrected chi connectivity index (χ2v) is 6.65. The van der Waals surface area contributed by atoms with Crippen molar-refractivity contribution in [3.05, 3.63) is 0 Å². The molecule has 1 atom stereocenters. The summed E-state index contributed by atoms with van der Waals surface area (Å²) >= 11 is 4.61. The van der Waals surface area contributed by atoms with Gasteiger partial charge >= 0.3 is 0 Å². The lowest BCUT2D eigenvalue weighted by molar-refractivity contribution is 0.161. The van der Waals surface area contributed by atoms with Crippen LogP contribution < -0.4 is 0 Å². The van der Waals surface area contributed by atoms with E-state index in [9.17, 15) is 0 Å². The fourth-order valence-corrected chi connectivity index (χ4v) is 4.11. The maximum absolute atomic E-state index is 4.61. The molecule has 1 unspecified atom stereocenters. The maximum atomic E-state index is 4.61. The first kappa shape index (κ1) is 13.7. The van der Waals surface area contributed by atoms with Crippen LogP contribution in [0.4, 0.5) is 0 Å². The van der Waals surface area contributed by atoms with Crippen LogP contribution in [-0.4, -0.2) is 55.3 Å². The first-order valence-corrected chi connectivity index (χ1v) is 7.78. The quantitative estimate of drug-likeness (QED) is 0.755. The highest BCUT2D eigenvalue weighted by Gasteiger charge is 2.34. The zero-order valence-electron chi connectivity index (χ0n) is 11.5. The maximum Gasteiger partial charge on any atom is 0.0220 e. The third-order valence-electron chi connectivity index (χ3n) is 4.80. The molecule has 0 spiro atoms. The van der Waals surface area contributed by atoms with Gasteiger partial charge in [0.05, 0.1) is 0 Å². The standard InChI is InChI=1S/C14H28N2S/c1-15(10-13-6-5-9-16(13)2)11-14(12-17)7-3-4-8-14/h13,17H,3-12H2,1-2H3. The Labute approximate surface area is 112 Å². The van der Waals surface area contributed by atoms with E-state index in [1.807, 2.05) is 0 Å². The van der Waals surface area contributed by atoms with Crippen LogP contribution in [0.2, 0.25) is 0 Å². The molecule has 0 amide bonds. The van der Waals surface area contributed by atoms with Crippen LogP contribution in [-0.2, 0) is 0 Å². The van der Waals surface area contributed by atoms with Crippen molar-refractivity contribution < 1.29 is 0 Å². The van der Waals surface area contributed by atoms with Crippen molar-refractivity contribution in [3.8, 4) is 0 Å². The molecule has 17 heavy (non-hydrogen) atoms. The smallest absolute Gasteiger partial charge is 0.0220 e. The van der Waals surface area contributed by atoms with Gasteiger partial charge in [0, 0.05) is 19.1 Å². The summed E-state index contributed by atoms with van der Waals surface area (Å²) in [6.07, 6.45) is 8.37. The van der Waals surface area contributed by atoms with Gasteiger partial charge < -0.3 is 9.80 Å². The van der Waals surface area contributed by atoms with E-state index in [4.69, 9.17) is 0 Å². The number of hydrogen-bond donors (Lipinski definition) is 1. The van der Waals surface area contributed by atoms with Crippen LogP contribution in [0.3, 0.4) is 0 Å². The van der Waals surface area contributed by atoms with Crippen LogP contribution in [0.15, 0.2) is 0 Å². The Morgan fingerprint density at radius 2 is 2.00 bits per heavy atom. The minimum Gasteiger partial charge on any atom is -0.304 e. The van der Waals surface area contributed by atoms with E-state index in [1.165, 1.54) is 58.2 Å². The Kier molecular flexibility index (Phi) is 4.79. The Hall–Kier alpha value is 0.270. The van der Waals surface area contributed by atoms with Crippen molar-refractivity contribution in [2.45, 2.75) is 44.6 Å². The average molecular weight is 256 g/mol. The highest BCUT2D eigenvalue weighted by atomic mass is 32.1. The molecule has 2 nitrogen and oxygen atoms in total. The van der Waals surface area contributed by atoms with Crippen LogP contribution in [0.5, 0.6) is 0 Å². The predicted molar refractivity (Wildman–Crippen MR) is 77.9 cm³/mol. The summed E-state index contributed by atoms with van der Waals surface area (Å²) in [4.78, 5) is 5.09. The van der Waals surface area contributed by atoms with Crippen molar-refractivity contribution in [2.24, 2.45) is 5.41 Å². The molecule has 1 heterocycles. The summed E-state index contributed by atoms with van der Waals surface area (Å²) < 4.78 is 0. The number of thiol groups is 1. The topological polar surface area (TPSA) is 6.48 Å². The molecule has 100 valence electrons. The molecule has 1 saturated carbocycles. The third-order valence-corrected chi connectivity index (χ3v) is 5.47. The van der Waals surface area contributed by atoms with Crippen molar-refractivity contribution in [1.29, 1.82) is 0 Å². The third kappa shape index (κ3) is 3.39. The molecule has 3 heteroatoms. The van der Waals surface area contributed by atoms with E-state index in [1.54, 1.807) is 0 Å². The van der Waals surface area contributed by atoms with Crippen LogP contribution in [0.25, 0.3) is 0 Å². The first-order valence-electron chi connectivity index (χ1n) is 7.15. The number of likely N-dealkylation sites (N-methyl/N-ethyl adjacent to an activating group) is 2. The lowest BCUT2D eigenvalue weighted by Gasteiger charge is -2.34. The summed E-state index contributed by atoms with van der Waals surface area (Å²) in [6, 6.07) is 0.790. The number of hydrogen-bond acceptors (Lipinski definition) is 3. The SMILES string of the molecule is CN(CC1CCCN1C)CC1(CS)CCCC1. The zero-order valence-corrected chi connectivity index (χ0v) is 12.4. The molecule has 0 aromatic rings. The normalized spacial score (nSPS) is 29.3. The minimum absolute atomic E-state index is 0.523. The van der Waals surface area contributed by atoms with E-state index in [2.05, 4.69) is 36.5 Å². The molecular weight excluding hydrogens is 228 g/mol. The molecule has 1 aliphatic heterocycles. The zero-order chi connectivity index (χ0) is 12.3. The van der Waals surface area contributed by atoms with Gasteiger partial charge in [-0.1, -0.05) is 12.8 Å². The Morgan fingerprint density at radius 3 is 2.53 bits per heavy atom. The summed E-state index contributed by atoms with van der Waals surface area (Å²) in [5.74, 6) is 1.07. The predicted octanol–water partition coefficient (Wildman–Crippen LogP) is 2.50. The lowest BCUT2D eigenvalue weighted by Crippen LogP contribution is -2.42. The van der Waals surface area contributed by atoms with Crippen molar-refractivity contribution in [2.75, 3.05) is 39.5 Å². The number of likely N-dealkylation sites (tertiary alicyclic amines) is 1. The molecule has 1 aliphatic carbocycles. The highest BCUT2D eigenvalue weighted by Crippen LogP contribution is 2.39. The van der Waals surface area contributed by atoms with E-state index in [-0.39, 0.29) is 0 Å². The van der Waals surface area contributed by atoms with E-state index in [0.717, 1.165) is 11.8 Å². The molecule has 0 radical (unpaired) electrons. The van der Waals surface area contributed by atoms with Gasteiger partial charge in [0.15, 0.2) is 0 Å². The molecule has 2 fully saturated rings. The molecule has 2 rings (SSSR count). The average Bonchev–Trinajstić information content (AvgIpc) is 2.90. The van der Waals surface area contributed by atoms with Gasteiger partial charge in [0.2, 0.25) is 0 Å². The number of nitrogens with zero attached hydrogens (tertiary/aromatic N) is 2. The summed E-state index contributed by atoms with van der Waals surface area (Å²) in [5, 5.41) is 0. The number of rotatable bonds is 5. The molecule has 0 aromatic carbocycles. The fourth-order valence-electron chi connectivity index (χ4n) is 3.70. The van der Waals surface area contributed by atoms with E-state index in [0.29, 0.717) is 5.41 Å². The summed E-state index contributed by atoms with van der Waals surface area (Å²) in [7, 11) is 4.57. The van der Waals surface area contributed by atoms with Crippen LogP contribution in [0.1, 0.15) is 38.5 Å². The molecule has 0 bridgehead atoms. The molecule has 2 aliphatic rings. The molecule has 0 N–H and O–H groups in total. The minimum atomic E-state index is 0.523. The van der Waals surface area contributed by atoms with Gasteiger partial charge in [-0.3, -0.25) is 0 Å². The Bertz CT molecular complexity index is 238. The molecule has 0 aromatic heterocycles. The summed E-state index contributed by atoms with van der Waals surface area (Å²) in [6.45, 7) is 3.78. The van der Waals surface area contributed by atoms with Crippen LogP contribution in [0, 0.1) is 5.41 Å². The fraction of sp³-hybridized carbons (Fsp3) is 1.00. The van der Waals surface area contributed by atoms with Gasteiger partial charge in [-0.15, -0.1) is 0 Å². The van der Waals surface area contributed by atoms with Crippen molar-refractivity contribution >= 4 is 12.6 Å². The second-order valence-electron chi connectivity index (χ2n) is 6.34. The monoisotopic (exact) mass is 256 g/mol.